The zero-order valence-corrected chi connectivity index (χ0v) is 13.5. The molecule has 1 aliphatic heterocycles. The van der Waals surface area contributed by atoms with Crippen molar-refractivity contribution in [3.8, 4) is 17.6 Å². The summed E-state index contributed by atoms with van der Waals surface area (Å²) in [6, 6.07) is 10.3. The molecule has 3 rings (SSSR count). The monoisotopic (exact) mass is 340 g/mol. The minimum Gasteiger partial charge on any atom is -0.494 e. The van der Waals surface area contributed by atoms with Crippen LogP contribution in [-0.2, 0) is 6.61 Å². The van der Waals surface area contributed by atoms with E-state index in [9.17, 15) is 15.2 Å². The molecule has 1 unspecified atom stereocenters. The highest BCUT2D eigenvalue weighted by molar-refractivity contribution is 5.55. The maximum Gasteiger partial charge on any atom is 0.228 e. The van der Waals surface area contributed by atoms with Gasteiger partial charge in [-0.15, -0.1) is 0 Å². The van der Waals surface area contributed by atoms with E-state index in [1.54, 1.807) is 24.3 Å². The van der Waals surface area contributed by atoms with Gasteiger partial charge in [-0.05, 0) is 13.0 Å². The van der Waals surface area contributed by atoms with Gasteiger partial charge in [0.2, 0.25) is 17.1 Å². The number of hydrogen-bond donors (Lipinski definition) is 2. The van der Waals surface area contributed by atoms with Gasteiger partial charge in [0.05, 0.1) is 12.5 Å². The third kappa shape index (κ3) is 2.84. The lowest BCUT2D eigenvalue weighted by Crippen LogP contribution is -2.25. The summed E-state index contributed by atoms with van der Waals surface area (Å²) in [5.41, 5.74) is 6.10. The second-order valence-corrected chi connectivity index (χ2v) is 5.32. The van der Waals surface area contributed by atoms with Gasteiger partial charge in [0, 0.05) is 11.6 Å². The molecule has 2 heterocycles. The SMILES string of the molecule is CCOc1ccccc1C1C(C#N)=C(N)Oc2c1oc(CO)cc2=O. The van der Waals surface area contributed by atoms with E-state index in [1.807, 2.05) is 13.0 Å². The first-order valence-electron chi connectivity index (χ1n) is 7.67. The van der Waals surface area contributed by atoms with E-state index in [4.69, 9.17) is 19.6 Å². The van der Waals surface area contributed by atoms with Crippen LogP contribution in [0.3, 0.4) is 0 Å². The summed E-state index contributed by atoms with van der Waals surface area (Å²) >= 11 is 0. The number of ether oxygens (including phenoxy) is 2. The van der Waals surface area contributed by atoms with E-state index in [1.165, 1.54) is 0 Å². The van der Waals surface area contributed by atoms with Crippen molar-refractivity contribution in [3.05, 3.63) is 69.1 Å². The van der Waals surface area contributed by atoms with Crippen molar-refractivity contribution in [2.45, 2.75) is 19.4 Å². The van der Waals surface area contributed by atoms with Crippen LogP contribution < -0.4 is 20.6 Å². The first-order chi connectivity index (χ1) is 12.1. The van der Waals surface area contributed by atoms with Crippen LogP contribution in [0.4, 0.5) is 0 Å². The van der Waals surface area contributed by atoms with E-state index in [-0.39, 0.29) is 28.7 Å². The second-order valence-electron chi connectivity index (χ2n) is 5.32. The number of nitrogens with two attached hydrogens (primary N) is 1. The highest BCUT2D eigenvalue weighted by Crippen LogP contribution is 2.43. The molecule has 1 atom stereocenters. The van der Waals surface area contributed by atoms with Crippen molar-refractivity contribution in [2.75, 3.05) is 6.61 Å². The number of aliphatic hydroxyl groups excluding tert-OH is 1. The summed E-state index contributed by atoms with van der Waals surface area (Å²) in [7, 11) is 0. The van der Waals surface area contributed by atoms with E-state index in [2.05, 4.69) is 0 Å². The quantitative estimate of drug-likeness (QED) is 0.870. The van der Waals surface area contributed by atoms with Crippen molar-refractivity contribution in [3.63, 3.8) is 0 Å². The summed E-state index contributed by atoms with van der Waals surface area (Å²) < 4.78 is 16.6. The normalized spacial score (nSPS) is 16.0. The standard InChI is InChI=1S/C18H16N2O5/c1-2-23-14-6-4-3-5-11(14)15-12(8-19)18(20)25-16-13(22)7-10(9-21)24-17(15)16/h3-7,15,21H,2,9,20H2,1H3. The Labute approximate surface area is 143 Å². The molecule has 0 saturated carbocycles. The number of rotatable bonds is 4. The van der Waals surface area contributed by atoms with E-state index < -0.39 is 18.0 Å². The number of benzene rings is 1. The summed E-state index contributed by atoms with van der Waals surface area (Å²) in [6.07, 6.45) is 0. The average Bonchev–Trinajstić information content (AvgIpc) is 2.62. The highest BCUT2D eigenvalue weighted by Gasteiger charge is 2.36. The summed E-state index contributed by atoms with van der Waals surface area (Å²) in [5.74, 6) is -0.282. The number of allylic oxidation sites excluding steroid dienone is 1. The maximum atomic E-state index is 12.3. The molecule has 7 heteroatoms. The molecule has 0 bridgehead atoms. The third-order valence-electron chi connectivity index (χ3n) is 3.82. The summed E-state index contributed by atoms with van der Waals surface area (Å²) in [6.45, 7) is 1.81. The van der Waals surface area contributed by atoms with Crippen molar-refractivity contribution >= 4 is 0 Å². The fraction of sp³-hybridized carbons (Fsp3) is 0.222. The lowest BCUT2D eigenvalue weighted by Gasteiger charge is -2.26. The number of nitrogens with zero attached hydrogens (tertiary/aromatic N) is 1. The summed E-state index contributed by atoms with van der Waals surface area (Å²) in [4.78, 5) is 12.3. The Bertz CT molecular complexity index is 939. The fourth-order valence-corrected chi connectivity index (χ4v) is 2.78. The van der Waals surface area contributed by atoms with Crippen LogP contribution in [0.2, 0.25) is 0 Å². The Morgan fingerprint density at radius 1 is 1.40 bits per heavy atom. The molecule has 0 amide bonds. The van der Waals surface area contributed by atoms with Crippen molar-refractivity contribution in [2.24, 2.45) is 5.73 Å². The Morgan fingerprint density at radius 3 is 2.84 bits per heavy atom. The zero-order chi connectivity index (χ0) is 18.0. The molecule has 1 aliphatic rings. The van der Waals surface area contributed by atoms with Crippen LogP contribution in [0.1, 0.15) is 29.9 Å². The Balaban J connectivity index is 2.30. The molecule has 2 aromatic rings. The van der Waals surface area contributed by atoms with Gasteiger partial charge in [-0.1, -0.05) is 18.2 Å². The van der Waals surface area contributed by atoms with Crippen molar-refractivity contribution in [1.29, 1.82) is 5.26 Å². The molecule has 0 fully saturated rings. The van der Waals surface area contributed by atoms with Crippen LogP contribution in [-0.4, -0.2) is 11.7 Å². The molecular formula is C18H16N2O5. The van der Waals surface area contributed by atoms with Gasteiger partial charge in [-0.2, -0.15) is 5.26 Å². The molecule has 1 aromatic heterocycles. The van der Waals surface area contributed by atoms with Crippen LogP contribution in [0, 0.1) is 11.3 Å². The minimum atomic E-state index is -0.768. The van der Waals surface area contributed by atoms with Crippen LogP contribution in [0.25, 0.3) is 0 Å². The highest BCUT2D eigenvalue weighted by atomic mass is 16.5. The summed E-state index contributed by atoms with van der Waals surface area (Å²) in [5, 5.41) is 18.9. The molecule has 0 radical (unpaired) electrons. The largest absolute Gasteiger partial charge is 0.494 e. The van der Waals surface area contributed by atoms with E-state index in [0.717, 1.165) is 6.07 Å². The molecular weight excluding hydrogens is 324 g/mol. The molecule has 3 N–H and O–H groups in total. The smallest absolute Gasteiger partial charge is 0.228 e. The first-order valence-corrected chi connectivity index (χ1v) is 7.67. The lowest BCUT2D eigenvalue weighted by atomic mass is 9.87. The third-order valence-corrected chi connectivity index (χ3v) is 3.82. The van der Waals surface area contributed by atoms with Gasteiger partial charge < -0.3 is 24.7 Å². The predicted molar refractivity (Wildman–Crippen MR) is 87.8 cm³/mol. The second kappa shape index (κ2) is 6.71. The first kappa shape index (κ1) is 16.6. The van der Waals surface area contributed by atoms with Gasteiger partial charge >= 0.3 is 0 Å². The minimum absolute atomic E-state index is 0.0732. The van der Waals surface area contributed by atoms with Gasteiger partial charge in [0.25, 0.3) is 0 Å². The average molecular weight is 340 g/mol. The fourth-order valence-electron chi connectivity index (χ4n) is 2.78. The van der Waals surface area contributed by atoms with Crippen molar-refractivity contribution < 1.29 is 19.0 Å². The lowest BCUT2D eigenvalue weighted by molar-refractivity contribution is 0.231. The topological polar surface area (TPSA) is 119 Å². The van der Waals surface area contributed by atoms with Crippen LogP contribution >= 0.6 is 0 Å². The Kier molecular flexibility index (Phi) is 4.46. The van der Waals surface area contributed by atoms with Crippen LogP contribution in [0.15, 0.2) is 51.0 Å². The number of hydrogen-bond acceptors (Lipinski definition) is 7. The maximum absolute atomic E-state index is 12.3. The number of fused-ring (bicyclic) bond motifs is 1. The number of nitriles is 1. The van der Waals surface area contributed by atoms with Gasteiger partial charge in [-0.3, -0.25) is 4.79 Å². The molecule has 0 aliphatic carbocycles. The van der Waals surface area contributed by atoms with Crippen LogP contribution in [0.5, 0.6) is 11.5 Å². The zero-order valence-electron chi connectivity index (χ0n) is 13.5. The molecule has 25 heavy (non-hydrogen) atoms. The molecule has 1 aromatic carbocycles. The predicted octanol–water partition coefficient (Wildman–Crippen LogP) is 1.75. The molecule has 128 valence electrons. The molecule has 0 saturated heterocycles. The van der Waals surface area contributed by atoms with E-state index in [0.29, 0.717) is 17.9 Å². The Hall–Kier alpha value is -3.24. The molecule has 7 nitrogen and oxygen atoms in total. The Morgan fingerprint density at radius 2 is 2.16 bits per heavy atom. The van der Waals surface area contributed by atoms with E-state index >= 15 is 0 Å². The number of aliphatic hydroxyl groups is 1. The van der Waals surface area contributed by atoms with Gasteiger partial charge in [-0.25, -0.2) is 0 Å². The number of para-hydroxylation sites is 1. The van der Waals surface area contributed by atoms with Gasteiger partial charge in [0.15, 0.2) is 5.76 Å². The molecule has 0 spiro atoms. The van der Waals surface area contributed by atoms with Crippen molar-refractivity contribution in [1.82, 2.24) is 0 Å². The van der Waals surface area contributed by atoms with Gasteiger partial charge in [0.1, 0.15) is 29.8 Å².